The van der Waals surface area contributed by atoms with Gasteiger partial charge < -0.3 is 11.1 Å². The third-order valence-electron chi connectivity index (χ3n) is 3.82. The molecule has 0 bridgehead atoms. The van der Waals surface area contributed by atoms with Crippen molar-refractivity contribution in [2.24, 2.45) is 0 Å². The molecule has 2 amide bonds. The van der Waals surface area contributed by atoms with Crippen molar-refractivity contribution in [1.29, 1.82) is 0 Å². The van der Waals surface area contributed by atoms with Gasteiger partial charge in [0.15, 0.2) is 0 Å². The summed E-state index contributed by atoms with van der Waals surface area (Å²) in [6, 6.07) is 17.4. The predicted octanol–water partition coefficient (Wildman–Crippen LogP) is 4.44. The standard InChI is InChI=1S/C20H18N4O2.2ClH/c1-14(25)24(17-5-4-12-22-13-17)16-10-8-15(9-11-16)20(26)23-19-7-3-2-6-18(19)21;;/h2-13H,21H2,1H3,(H,23,26);2*1H. The molecular weight excluding hydrogens is 399 g/mol. The number of hydrogen-bond donors (Lipinski definition) is 2. The van der Waals surface area contributed by atoms with E-state index < -0.39 is 0 Å². The average molecular weight is 419 g/mol. The molecule has 0 aliphatic rings. The largest absolute Gasteiger partial charge is 0.397 e. The van der Waals surface area contributed by atoms with Crippen molar-refractivity contribution in [3.8, 4) is 0 Å². The lowest BCUT2D eigenvalue weighted by Gasteiger charge is -2.21. The summed E-state index contributed by atoms with van der Waals surface area (Å²) in [6.07, 6.45) is 3.25. The minimum atomic E-state index is -0.273. The third kappa shape index (κ3) is 5.22. The van der Waals surface area contributed by atoms with Crippen molar-refractivity contribution < 1.29 is 9.59 Å². The number of amides is 2. The molecule has 1 heterocycles. The van der Waals surface area contributed by atoms with Crippen molar-refractivity contribution in [1.82, 2.24) is 4.98 Å². The molecule has 146 valence electrons. The summed E-state index contributed by atoms with van der Waals surface area (Å²) in [5.74, 6) is -0.419. The van der Waals surface area contributed by atoms with Crippen LogP contribution < -0.4 is 16.0 Å². The Balaban J connectivity index is 0.00000196. The molecule has 0 saturated carbocycles. The Morgan fingerprint density at radius 2 is 1.61 bits per heavy atom. The first kappa shape index (κ1) is 23.0. The predicted molar refractivity (Wildman–Crippen MR) is 117 cm³/mol. The van der Waals surface area contributed by atoms with E-state index in [1.807, 2.05) is 0 Å². The number of nitrogens with one attached hydrogen (secondary N) is 1. The van der Waals surface area contributed by atoms with Crippen LogP contribution in [0.5, 0.6) is 0 Å². The quantitative estimate of drug-likeness (QED) is 0.612. The Morgan fingerprint density at radius 1 is 0.929 bits per heavy atom. The highest BCUT2D eigenvalue weighted by Crippen LogP contribution is 2.25. The number of halogens is 2. The van der Waals surface area contributed by atoms with Crippen LogP contribution in [0.2, 0.25) is 0 Å². The Labute approximate surface area is 175 Å². The first-order valence-electron chi connectivity index (χ1n) is 8.03. The van der Waals surface area contributed by atoms with Crippen LogP contribution in [0.25, 0.3) is 0 Å². The highest BCUT2D eigenvalue weighted by Gasteiger charge is 2.15. The molecular formula is C20H20Cl2N4O2. The zero-order valence-corrected chi connectivity index (χ0v) is 16.7. The van der Waals surface area contributed by atoms with Crippen LogP contribution in [-0.2, 0) is 4.79 Å². The lowest BCUT2D eigenvalue weighted by molar-refractivity contribution is -0.115. The number of nitrogen functional groups attached to an aromatic ring is 1. The van der Waals surface area contributed by atoms with Crippen LogP contribution in [0, 0.1) is 0 Å². The molecule has 3 rings (SSSR count). The van der Waals surface area contributed by atoms with Crippen LogP contribution in [0.1, 0.15) is 17.3 Å². The summed E-state index contributed by atoms with van der Waals surface area (Å²) < 4.78 is 0. The molecule has 0 radical (unpaired) electrons. The molecule has 3 N–H and O–H groups in total. The van der Waals surface area contributed by atoms with Crippen molar-refractivity contribution in [2.45, 2.75) is 6.92 Å². The minimum Gasteiger partial charge on any atom is -0.397 e. The summed E-state index contributed by atoms with van der Waals surface area (Å²) in [7, 11) is 0. The number of carbonyl (C=O) groups excluding carboxylic acids is 2. The van der Waals surface area contributed by atoms with E-state index in [9.17, 15) is 9.59 Å². The van der Waals surface area contributed by atoms with Gasteiger partial charge in [0.2, 0.25) is 5.91 Å². The third-order valence-corrected chi connectivity index (χ3v) is 3.82. The lowest BCUT2D eigenvalue weighted by Crippen LogP contribution is -2.23. The van der Waals surface area contributed by atoms with E-state index in [2.05, 4.69) is 10.3 Å². The van der Waals surface area contributed by atoms with Gasteiger partial charge in [-0.2, -0.15) is 0 Å². The fraction of sp³-hybridized carbons (Fsp3) is 0.0500. The molecule has 0 aliphatic carbocycles. The summed E-state index contributed by atoms with van der Waals surface area (Å²) in [4.78, 5) is 30.0. The van der Waals surface area contributed by atoms with Gasteiger partial charge in [0.05, 0.1) is 23.3 Å². The number of nitrogens with zero attached hydrogens (tertiary/aromatic N) is 2. The summed E-state index contributed by atoms with van der Waals surface area (Å²) in [6.45, 7) is 1.48. The van der Waals surface area contributed by atoms with Crippen LogP contribution in [0.4, 0.5) is 22.7 Å². The molecule has 0 fully saturated rings. The summed E-state index contributed by atoms with van der Waals surface area (Å²) in [5.41, 5.74) is 8.68. The number of benzene rings is 2. The van der Waals surface area contributed by atoms with E-state index in [1.165, 1.54) is 11.8 Å². The number of nitrogens with two attached hydrogens (primary N) is 1. The first-order valence-corrected chi connectivity index (χ1v) is 8.03. The molecule has 28 heavy (non-hydrogen) atoms. The van der Waals surface area contributed by atoms with E-state index >= 15 is 0 Å². The number of anilines is 4. The number of para-hydroxylation sites is 2. The topological polar surface area (TPSA) is 88.3 Å². The van der Waals surface area contributed by atoms with Crippen molar-refractivity contribution in [2.75, 3.05) is 16.0 Å². The maximum Gasteiger partial charge on any atom is 0.255 e. The van der Waals surface area contributed by atoms with E-state index in [4.69, 9.17) is 5.73 Å². The second kappa shape index (κ2) is 10.3. The van der Waals surface area contributed by atoms with E-state index in [1.54, 1.807) is 73.1 Å². The fourth-order valence-corrected chi connectivity index (χ4v) is 2.57. The monoisotopic (exact) mass is 418 g/mol. The first-order chi connectivity index (χ1) is 12.6. The Kier molecular flexibility index (Phi) is 8.44. The normalized spacial score (nSPS) is 9.46. The molecule has 2 aromatic carbocycles. The van der Waals surface area contributed by atoms with Gasteiger partial charge >= 0.3 is 0 Å². The molecule has 8 heteroatoms. The molecule has 3 aromatic rings. The SMILES string of the molecule is CC(=O)N(c1ccc(C(=O)Nc2ccccc2N)cc1)c1cccnc1.Cl.Cl. The van der Waals surface area contributed by atoms with Gasteiger partial charge in [0, 0.05) is 24.4 Å². The maximum absolute atomic E-state index is 12.4. The van der Waals surface area contributed by atoms with E-state index in [0.29, 0.717) is 28.3 Å². The zero-order valence-electron chi connectivity index (χ0n) is 15.0. The molecule has 6 nitrogen and oxygen atoms in total. The van der Waals surface area contributed by atoms with E-state index in [-0.39, 0.29) is 36.6 Å². The smallest absolute Gasteiger partial charge is 0.255 e. The van der Waals surface area contributed by atoms with Crippen LogP contribution in [0.15, 0.2) is 73.1 Å². The fourth-order valence-electron chi connectivity index (χ4n) is 2.57. The van der Waals surface area contributed by atoms with Gasteiger partial charge in [-0.1, -0.05) is 12.1 Å². The van der Waals surface area contributed by atoms with E-state index in [0.717, 1.165) is 0 Å². The zero-order chi connectivity index (χ0) is 18.5. The summed E-state index contributed by atoms with van der Waals surface area (Å²) >= 11 is 0. The van der Waals surface area contributed by atoms with Crippen molar-refractivity contribution in [3.63, 3.8) is 0 Å². The van der Waals surface area contributed by atoms with Gasteiger partial charge in [0.25, 0.3) is 5.91 Å². The number of carbonyl (C=O) groups is 2. The molecule has 1 aromatic heterocycles. The van der Waals surface area contributed by atoms with Gasteiger partial charge in [-0.05, 0) is 48.5 Å². The van der Waals surface area contributed by atoms with Gasteiger partial charge in [0.1, 0.15) is 0 Å². The molecule has 0 unspecified atom stereocenters. The second-order valence-electron chi connectivity index (χ2n) is 5.65. The van der Waals surface area contributed by atoms with Gasteiger partial charge in [-0.3, -0.25) is 19.5 Å². The lowest BCUT2D eigenvalue weighted by atomic mass is 10.1. The van der Waals surface area contributed by atoms with Gasteiger partial charge in [-0.25, -0.2) is 0 Å². The van der Waals surface area contributed by atoms with Crippen LogP contribution >= 0.6 is 24.8 Å². The number of pyridine rings is 1. The number of aromatic nitrogens is 1. The minimum absolute atomic E-state index is 0. The summed E-state index contributed by atoms with van der Waals surface area (Å²) in [5, 5.41) is 2.78. The highest BCUT2D eigenvalue weighted by atomic mass is 35.5. The van der Waals surface area contributed by atoms with Gasteiger partial charge in [-0.15, -0.1) is 24.8 Å². The Hall–Kier alpha value is -3.09. The van der Waals surface area contributed by atoms with Crippen LogP contribution in [-0.4, -0.2) is 16.8 Å². The number of hydrogen-bond acceptors (Lipinski definition) is 4. The Morgan fingerprint density at radius 3 is 2.18 bits per heavy atom. The molecule has 0 aliphatic heterocycles. The Bertz CT molecular complexity index is 934. The highest BCUT2D eigenvalue weighted by molar-refractivity contribution is 6.06. The van der Waals surface area contributed by atoms with Crippen LogP contribution in [0.3, 0.4) is 0 Å². The van der Waals surface area contributed by atoms with Crippen molar-refractivity contribution >= 4 is 59.4 Å². The molecule has 0 atom stereocenters. The number of rotatable bonds is 4. The average Bonchev–Trinajstić information content (AvgIpc) is 2.65. The molecule has 0 spiro atoms. The van der Waals surface area contributed by atoms with Crippen molar-refractivity contribution in [3.05, 3.63) is 78.6 Å². The molecule has 0 saturated heterocycles. The second-order valence-corrected chi connectivity index (χ2v) is 5.65. The maximum atomic E-state index is 12.4.